The maximum atomic E-state index is 12.5. The molecule has 2 aromatic carbocycles. The van der Waals surface area contributed by atoms with Crippen molar-refractivity contribution in [3.63, 3.8) is 0 Å². The Bertz CT molecular complexity index is 767. The Labute approximate surface area is 161 Å². The topological polar surface area (TPSA) is 58.6 Å². The second kappa shape index (κ2) is 9.76. The zero-order valence-electron chi connectivity index (χ0n) is 16.5. The molecular weight excluding hydrogens is 340 g/mol. The lowest BCUT2D eigenvalue weighted by Crippen LogP contribution is -2.31. The number of anilines is 1. The molecular formula is C22H28N2O3. The molecule has 2 amide bonds. The third-order valence-electron chi connectivity index (χ3n) is 4.44. The maximum Gasteiger partial charge on any atom is 0.265 e. The highest BCUT2D eigenvalue weighted by molar-refractivity contribution is 5.98. The number of nitrogens with zero attached hydrogens (tertiary/aromatic N) is 1. The second-order valence-corrected chi connectivity index (χ2v) is 6.31. The van der Waals surface area contributed by atoms with Crippen molar-refractivity contribution in [2.75, 3.05) is 18.4 Å². The van der Waals surface area contributed by atoms with Crippen LogP contribution < -0.4 is 10.1 Å². The standard InChI is InChI=1S/C22H28N2O3/c1-5-17-11-13-20(14-12-17)27-16(4)21(25)23-19-10-8-9-18(15-19)22(26)24(6-2)7-3/h8-16H,5-7H2,1-4H3,(H,23,25). The van der Waals surface area contributed by atoms with Gasteiger partial charge in [-0.05, 0) is 63.1 Å². The maximum absolute atomic E-state index is 12.5. The van der Waals surface area contributed by atoms with Crippen LogP contribution in [-0.2, 0) is 11.2 Å². The van der Waals surface area contributed by atoms with E-state index in [1.165, 1.54) is 5.56 Å². The quantitative estimate of drug-likeness (QED) is 0.762. The molecule has 0 spiro atoms. The van der Waals surface area contributed by atoms with E-state index >= 15 is 0 Å². The molecule has 27 heavy (non-hydrogen) atoms. The van der Waals surface area contributed by atoms with Gasteiger partial charge < -0.3 is 15.0 Å². The molecule has 0 aliphatic heterocycles. The summed E-state index contributed by atoms with van der Waals surface area (Å²) in [5, 5.41) is 2.82. The number of hydrogen-bond donors (Lipinski definition) is 1. The predicted octanol–water partition coefficient (Wildman–Crippen LogP) is 4.14. The minimum atomic E-state index is -0.653. The number of rotatable bonds is 8. The Morgan fingerprint density at radius 1 is 1.04 bits per heavy atom. The molecule has 2 rings (SSSR count). The molecule has 2 aromatic rings. The van der Waals surface area contributed by atoms with Gasteiger partial charge >= 0.3 is 0 Å². The van der Waals surface area contributed by atoms with Crippen molar-refractivity contribution in [3.8, 4) is 5.75 Å². The van der Waals surface area contributed by atoms with Gasteiger partial charge in [-0.2, -0.15) is 0 Å². The van der Waals surface area contributed by atoms with E-state index in [0.29, 0.717) is 30.1 Å². The monoisotopic (exact) mass is 368 g/mol. The number of hydrogen-bond acceptors (Lipinski definition) is 3. The molecule has 0 heterocycles. The van der Waals surface area contributed by atoms with Gasteiger partial charge in [0.1, 0.15) is 5.75 Å². The number of ether oxygens (including phenoxy) is 1. The van der Waals surface area contributed by atoms with Crippen molar-refractivity contribution in [3.05, 3.63) is 59.7 Å². The summed E-state index contributed by atoms with van der Waals surface area (Å²) in [6, 6.07) is 14.7. The first kappa shape index (κ1) is 20.5. The number of carbonyl (C=O) groups excluding carboxylic acids is 2. The van der Waals surface area contributed by atoms with Crippen molar-refractivity contribution in [2.45, 2.75) is 40.2 Å². The van der Waals surface area contributed by atoms with Crippen LogP contribution in [0, 0.1) is 0 Å². The predicted molar refractivity (Wildman–Crippen MR) is 108 cm³/mol. The van der Waals surface area contributed by atoms with Gasteiger partial charge in [0.25, 0.3) is 11.8 Å². The van der Waals surface area contributed by atoms with Gasteiger partial charge in [0, 0.05) is 24.3 Å². The summed E-state index contributed by atoms with van der Waals surface area (Å²) in [4.78, 5) is 26.6. The second-order valence-electron chi connectivity index (χ2n) is 6.31. The molecule has 5 nitrogen and oxygen atoms in total. The van der Waals surface area contributed by atoms with Gasteiger partial charge in [-0.15, -0.1) is 0 Å². The molecule has 0 aliphatic rings. The fourth-order valence-corrected chi connectivity index (χ4v) is 2.73. The fraction of sp³-hybridized carbons (Fsp3) is 0.364. The van der Waals surface area contributed by atoms with Crippen LogP contribution in [0.15, 0.2) is 48.5 Å². The van der Waals surface area contributed by atoms with E-state index in [1.807, 2.05) is 38.1 Å². The first-order chi connectivity index (χ1) is 13.0. The van der Waals surface area contributed by atoms with E-state index in [1.54, 1.807) is 36.1 Å². The summed E-state index contributed by atoms with van der Waals surface area (Å²) >= 11 is 0. The summed E-state index contributed by atoms with van der Waals surface area (Å²) in [6.45, 7) is 8.97. The third-order valence-corrected chi connectivity index (χ3v) is 4.44. The van der Waals surface area contributed by atoms with Crippen LogP contribution >= 0.6 is 0 Å². The number of amides is 2. The molecule has 144 valence electrons. The Morgan fingerprint density at radius 2 is 1.70 bits per heavy atom. The average Bonchev–Trinajstić information content (AvgIpc) is 2.69. The molecule has 1 N–H and O–H groups in total. The SMILES string of the molecule is CCc1ccc(OC(C)C(=O)Nc2cccc(C(=O)N(CC)CC)c2)cc1. The third kappa shape index (κ3) is 5.58. The van der Waals surface area contributed by atoms with Crippen LogP contribution in [0.5, 0.6) is 5.75 Å². The van der Waals surface area contributed by atoms with Gasteiger partial charge in [0.2, 0.25) is 0 Å². The Morgan fingerprint density at radius 3 is 2.30 bits per heavy atom. The molecule has 0 fully saturated rings. The molecule has 0 aliphatic carbocycles. The van der Waals surface area contributed by atoms with Crippen molar-refractivity contribution in [1.29, 1.82) is 0 Å². The molecule has 0 radical (unpaired) electrons. The summed E-state index contributed by atoms with van der Waals surface area (Å²) in [6.07, 6.45) is 0.304. The molecule has 5 heteroatoms. The largest absolute Gasteiger partial charge is 0.481 e. The summed E-state index contributed by atoms with van der Waals surface area (Å²) in [5.74, 6) is 0.346. The van der Waals surface area contributed by atoms with Crippen molar-refractivity contribution in [2.24, 2.45) is 0 Å². The van der Waals surface area contributed by atoms with E-state index < -0.39 is 6.10 Å². The van der Waals surface area contributed by atoms with Gasteiger partial charge in [-0.25, -0.2) is 0 Å². The molecule has 0 saturated carbocycles. The van der Waals surface area contributed by atoms with E-state index in [9.17, 15) is 9.59 Å². The van der Waals surface area contributed by atoms with Gasteiger partial charge in [-0.1, -0.05) is 25.1 Å². The normalized spacial score (nSPS) is 11.6. The molecule has 0 bridgehead atoms. The highest BCUT2D eigenvalue weighted by Crippen LogP contribution is 2.16. The zero-order valence-corrected chi connectivity index (χ0v) is 16.5. The van der Waals surface area contributed by atoms with E-state index in [-0.39, 0.29) is 11.8 Å². The molecule has 1 unspecified atom stereocenters. The van der Waals surface area contributed by atoms with Crippen molar-refractivity contribution >= 4 is 17.5 Å². The van der Waals surface area contributed by atoms with Crippen LogP contribution in [0.25, 0.3) is 0 Å². The Kier molecular flexibility index (Phi) is 7.41. The summed E-state index contributed by atoms with van der Waals surface area (Å²) < 4.78 is 5.71. The zero-order chi connectivity index (χ0) is 19.8. The van der Waals surface area contributed by atoms with E-state index in [4.69, 9.17) is 4.74 Å². The van der Waals surface area contributed by atoms with Crippen molar-refractivity contribution in [1.82, 2.24) is 4.90 Å². The Hall–Kier alpha value is -2.82. The first-order valence-corrected chi connectivity index (χ1v) is 9.44. The van der Waals surface area contributed by atoms with Crippen LogP contribution in [0.1, 0.15) is 43.6 Å². The smallest absolute Gasteiger partial charge is 0.265 e. The lowest BCUT2D eigenvalue weighted by Gasteiger charge is -2.19. The number of aryl methyl sites for hydroxylation is 1. The van der Waals surface area contributed by atoms with Crippen molar-refractivity contribution < 1.29 is 14.3 Å². The van der Waals surface area contributed by atoms with Crippen LogP contribution in [0.3, 0.4) is 0 Å². The molecule has 0 aromatic heterocycles. The highest BCUT2D eigenvalue weighted by atomic mass is 16.5. The Balaban J connectivity index is 2.01. The minimum Gasteiger partial charge on any atom is -0.481 e. The van der Waals surface area contributed by atoms with Crippen LogP contribution in [0.4, 0.5) is 5.69 Å². The molecule has 1 atom stereocenters. The summed E-state index contributed by atoms with van der Waals surface area (Å²) in [7, 11) is 0. The lowest BCUT2D eigenvalue weighted by molar-refractivity contribution is -0.122. The van der Waals surface area contributed by atoms with Gasteiger partial charge in [0.05, 0.1) is 0 Å². The van der Waals surface area contributed by atoms with Crippen LogP contribution in [-0.4, -0.2) is 35.9 Å². The summed E-state index contributed by atoms with van der Waals surface area (Å²) in [5.41, 5.74) is 2.35. The van der Waals surface area contributed by atoms with Crippen LogP contribution in [0.2, 0.25) is 0 Å². The lowest BCUT2D eigenvalue weighted by atomic mass is 10.1. The highest BCUT2D eigenvalue weighted by Gasteiger charge is 2.17. The first-order valence-electron chi connectivity index (χ1n) is 9.44. The van der Waals surface area contributed by atoms with E-state index in [2.05, 4.69) is 12.2 Å². The minimum absolute atomic E-state index is 0.0450. The fourth-order valence-electron chi connectivity index (χ4n) is 2.73. The van der Waals surface area contributed by atoms with Gasteiger partial charge in [-0.3, -0.25) is 9.59 Å². The van der Waals surface area contributed by atoms with Gasteiger partial charge in [0.15, 0.2) is 6.10 Å². The number of nitrogens with one attached hydrogen (secondary N) is 1. The number of carbonyl (C=O) groups is 2. The molecule has 0 saturated heterocycles. The number of benzene rings is 2. The van der Waals surface area contributed by atoms with E-state index in [0.717, 1.165) is 6.42 Å². The average molecular weight is 368 g/mol.